The minimum Gasteiger partial charge on any atom is -0.497 e. The van der Waals surface area contributed by atoms with E-state index in [1.807, 2.05) is 37.3 Å². The molecule has 4 rings (SSSR count). The first kappa shape index (κ1) is 19.0. The molecule has 2 heterocycles. The van der Waals surface area contributed by atoms with Crippen LogP contribution in [0.5, 0.6) is 5.75 Å². The number of hydrogen-bond acceptors (Lipinski definition) is 6. The van der Waals surface area contributed by atoms with Gasteiger partial charge in [-0.3, -0.25) is 14.7 Å². The van der Waals surface area contributed by atoms with Gasteiger partial charge in [0.1, 0.15) is 11.4 Å². The van der Waals surface area contributed by atoms with Gasteiger partial charge in [0.25, 0.3) is 0 Å². The number of thioether (sulfide) groups is 1. The molecule has 0 fully saturated rings. The number of carbonyl (C=O) groups is 2. The highest BCUT2D eigenvalue weighted by molar-refractivity contribution is 7.99. The van der Waals surface area contributed by atoms with Crippen molar-refractivity contribution in [2.24, 2.45) is 5.92 Å². The highest BCUT2D eigenvalue weighted by Crippen LogP contribution is 2.49. The summed E-state index contributed by atoms with van der Waals surface area (Å²) in [4.78, 5) is 27.1. The first-order valence-corrected chi connectivity index (χ1v) is 9.89. The maximum Gasteiger partial charge on any atom is 0.205 e. The van der Waals surface area contributed by atoms with Crippen LogP contribution in [0.3, 0.4) is 0 Å². The fourth-order valence-electron chi connectivity index (χ4n) is 3.46. The predicted molar refractivity (Wildman–Crippen MR) is 109 cm³/mol. The number of hydrogen-bond donors (Lipinski definition) is 1. The summed E-state index contributed by atoms with van der Waals surface area (Å²) in [5.41, 5.74) is 2.89. The number of aromatic amines is 1. The highest BCUT2D eigenvalue weighted by Gasteiger charge is 2.36. The van der Waals surface area contributed by atoms with Crippen molar-refractivity contribution in [2.45, 2.75) is 17.1 Å². The number of ether oxygens (including phenoxy) is 1. The number of nitrogens with one attached hydrogen (secondary N) is 1. The molecule has 1 aliphatic rings. The Morgan fingerprint density at radius 3 is 2.59 bits per heavy atom. The van der Waals surface area contributed by atoms with Gasteiger partial charge < -0.3 is 4.74 Å². The molecular weight excluding hydrogens is 386 g/mol. The van der Waals surface area contributed by atoms with Gasteiger partial charge in [0.2, 0.25) is 5.78 Å². The zero-order valence-electron chi connectivity index (χ0n) is 15.8. The molecule has 2 unspecified atom stereocenters. The number of fused-ring (bicyclic) bond motifs is 3. The largest absolute Gasteiger partial charge is 0.497 e. The Morgan fingerprint density at radius 2 is 1.90 bits per heavy atom. The summed E-state index contributed by atoms with van der Waals surface area (Å²) >= 11 is 1.62. The molecule has 1 aromatic heterocycles. The van der Waals surface area contributed by atoms with E-state index in [0.717, 1.165) is 16.0 Å². The number of rotatable bonds is 5. The summed E-state index contributed by atoms with van der Waals surface area (Å²) in [6.07, 6.45) is 0. The van der Waals surface area contributed by atoms with E-state index < -0.39 is 17.5 Å². The van der Waals surface area contributed by atoms with Crippen molar-refractivity contribution in [3.8, 4) is 23.1 Å². The van der Waals surface area contributed by atoms with E-state index in [0.29, 0.717) is 11.4 Å². The summed E-state index contributed by atoms with van der Waals surface area (Å²) < 4.78 is 5.09. The lowest BCUT2D eigenvalue weighted by Crippen LogP contribution is -2.24. The fraction of sp³-hybridized carbons (Fsp3) is 0.182. The average Bonchev–Trinajstić information content (AvgIpc) is 3.20. The summed E-state index contributed by atoms with van der Waals surface area (Å²) in [6.45, 7) is 1.98. The lowest BCUT2D eigenvalue weighted by molar-refractivity contribution is 0.0842. The lowest BCUT2D eigenvalue weighted by Gasteiger charge is -2.21. The van der Waals surface area contributed by atoms with Gasteiger partial charge in [-0.15, -0.1) is 11.8 Å². The molecule has 0 saturated carbocycles. The van der Waals surface area contributed by atoms with Crippen molar-refractivity contribution in [2.75, 3.05) is 7.11 Å². The Labute approximate surface area is 171 Å². The molecule has 29 heavy (non-hydrogen) atoms. The standard InChI is InChI=1S/C22H17N3O3S/c1-12-18-19(15-5-3-4-6-17(15)29-12)24-25-20(18)22(27)16(11-23)21(26)13-7-9-14(28-2)10-8-13/h3-10,12,16H,1-2H3,(H,24,25). The van der Waals surface area contributed by atoms with Crippen molar-refractivity contribution in [1.29, 1.82) is 5.26 Å². The van der Waals surface area contributed by atoms with E-state index in [2.05, 4.69) is 10.2 Å². The van der Waals surface area contributed by atoms with E-state index in [9.17, 15) is 14.9 Å². The number of nitriles is 1. The summed E-state index contributed by atoms with van der Waals surface area (Å²) in [7, 11) is 1.52. The molecular formula is C22H17N3O3S. The molecule has 0 aliphatic carbocycles. The molecule has 0 amide bonds. The van der Waals surface area contributed by atoms with Gasteiger partial charge in [-0.1, -0.05) is 18.2 Å². The second-order valence-corrected chi connectivity index (χ2v) is 8.02. The van der Waals surface area contributed by atoms with Crippen LogP contribution in [0, 0.1) is 17.2 Å². The second-order valence-electron chi connectivity index (χ2n) is 6.64. The number of H-pyrrole nitrogens is 1. The number of Topliss-reactive ketones (excluding diaryl/α,β-unsaturated/α-hetero) is 2. The van der Waals surface area contributed by atoms with Crippen LogP contribution < -0.4 is 4.74 Å². The highest BCUT2D eigenvalue weighted by atomic mass is 32.2. The first-order chi connectivity index (χ1) is 14.0. The van der Waals surface area contributed by atoms with Crippen molar-refractivity contribution in [1.82, 2.24) is 10.2 Å². The number of carbonyl (C=O) groups excluding carboxylic acids is 2. The summed E-state index contributed by atoms with van der Waals surface area (Å²) in [6, 6.07) is 16.1. The first-order valence-electron chi connectivity index (χ1n) is 9.01. The number of aromatic nitrogens is 2. The molecule has 0 radical (unpaired) electrons. The summed E-state index contributed by atoms with van der Waals surface area (Å²) in [5, 5.41) is 16.7. The molecule has 0 saturated heterocycles. The van der Waals surface area contributed by atoms with Gasteiger partial charge >= 0.3 is 0 Å². The normalized spacial score (nSPS) is 15.6. The molecule has 0 bridgehead atoms. The van der Waals surface area contributed by atoms with Crippen molar-refractivity contribution in [3.05, 3.63) is 65.4 Å². The van der Waals surface area contributed by atoms with E-state index in [4.69, 9.17) is 4.74 Å². The Balaban J connectivity index is 1.70. The molecule has 2 aromatic carbocycles. The Hall–Kier alpha value is -3.37. The van der Waals surface area contributed by atoms with Gasteiger partial charge in [0.05, 0.1) is 18.9 Å². The van der Waals surface area contributed by atoms with Gasteiger partial charge in [0.15, 0.2) is 11.7 Å². The van der Waals surface area contributed by atoms with Crippen molar-refractivity contribution >= 4 is 23.3 Å². The minimum absolute atomic E-state index is 0.0342. The third-order valence-electron chi connectivity index (χ3n) is 4.93. The Morgan fingerprint density at radius 1 is 1.17 bits per heavy atom. The molecule has 144 valence electrons. The zero-order valence-corrected chi connectivity index (χ0v) is 16.6. The van der Waals surface area contributed by atoms with Gasteiger partial charge in [0, 0.05) is 26.8 Å². The van der Waals surface area contributed by atoms with Crippen molar-refractivity contribution < 1.29 is 14.3 Å². The molecule has 2 atom stereocenters. The lowest BCUT2D eigenvalue weighted by atomic mass is 9.90. The van der Waals surface area contributed by atoms with Crippen LogP contribution >= 0.6 is 11.8 Å². The Kier molecular flexibility index (Phi) is 4.95. The number of benzene rings is 2. The SMILES string of the molecule is COc1ccc(C(=O)C(C#N)C(=O)c2[nH]nc3c2C(C)Sc2ccccc2-3)cc1. The molecule has 3 aromatic rings. The van der Waals surface area contributed by atoms with E-state index in [1.165, 1.54) is 7.11 Å². The number of methoxy groups -OCH3 is 1. The molecule has 6 nitrogen and oxygen atoms in total. The van der Waals surface area contributed by atoms with Crippen LogP contribution in [0.15, 0.2) is 53.4 Å². The number of ketones is 2. The van der Waals surface area contributed by atoms with Crippen LogP contribution in [0.4, 0.5) is 0 Å². The molecule has 7 heteroatoms. The molecule has 1 aliphatic heterocycles. The maximum absolute atomic E-state index is 13.2. The van der Waals surface area contributed by atoms with E-state index >= 15 is 0 Å². The van der Waals surface area contributed by atoms with Gasteiger partial charge in [-0.05, 0) is 37.3 Å². The van der Waals surface area contributed by atoms with Gasteiger partial charge in [-0.2, -0.15) is 10.4 Å². The van der Waals surface area contributed by atoms with E-state index in [-0.39, 0.29) is 16.5 Å². The van der Waals surface area contributed by atoms with Crippen molar-refractivity contribution in [3.63, 3.8) is 0 Å². The van der Waals surface area contributed by atoms with Crippen LogP contribution in [0.1, 0.15) is 38.6 Å². The predicted octanol–water partition coefficient (Wildman–Crippen LogP) is 4.46. The Bertz CT molecular complexity index is 1140. The maximum atomic E-state index is 13.2. The topological polar surface area (TPSA) is 95.8 Å². The smallest absolute Gasteiger partial charge is 0.205 e. The summed E-state index contributed by atoms with van der Waals surface area (Å²) in [5.74, 6) is -1.95. The van der Waals surface area contributed by atoms with E-state index in [1.54, 1.807) is 36.0 Å². The number of nitrogens with zero attached hydrogens (tertiary/aromatic N) is 2. The molecule has 0 spiro atoms. The second kappa shape index (κ2) is 7.57. The van der Waals surface area contributed by atoms with Crippen LogP contribution in [-0.4, -0.2) is 28.9 Å². The quantitative estimate of drug-likeness (QED) is 0.499. The van der Waals surface area contributed by atoms with Gasteiger partial charge in [-0.25, -0.2) is 0 Å². The third-order valence-corrected chi connectivity index (χ3v) is 6.13. The average molecular weight is 403 g/mol. The third kappa shape index (κ3) is 3.22. The zero-order chi connectivity index (χ0) is 20.5. The van der Waals surface area contributed by atoms with Crippen LogP contribution in [0.2, 0.25) is 0 Å². The monoisotopic (exact) mass is 403 g/mol. The van der Waals surface area contributed by atoms with Crippen LogP contribution in [0.25, 0.3) is 11.3 Å². The minimum atomic E-state index is -1.44. The fourth-order valence-corrected chi connectivity index (χ4v) is 4.63. The molecule has 1 N–H and O–H groups in total. The van der Waals surface area contributed by atoms with Crippen LogP contribution in [-0.2, 0) is 0 Å².